The predicted octanol–water partition coefficient (Wildman–Crippen LogP) is 0.780. The molecule has 1 aromatic carbocycles. The summed E-state index contributed by atoms with van der Waals surface area (Å²) in [6.07, 6.45) is -7.78. The SMILES string of the molecule is CC(C)C(NC(=O)Cn1c(-c2ccccc2)cc2c(=O)n(N(C)C)c(=O)[nH]c2c1=O)C(O)C(F)(F)F. The van der Waals surface area contributed by atoms with Crippen molar-refractivity contribution in [1.82, 2.24) is 19.5 Å². The minimum Gasteiger partial charge on any atom is -0.382 e. The highest BCUT2D eigenvalue weighted by Crippen LogP contribution is 2.26. The van der Waals surface area contributed by atoms with Gasteiger partial charge in [-0.3, -0.25) is 19.0 Å². The van der Waals surface area contributed by atoms with Crippen LogP contribution >= 0.6 is 0 Å². The van der Waals surface area contributed by atoms with Crippen LogP contribution in [0, 0.1) is 5.92 Å². The number of hydrogen-bond acceptors (Lipinski definition) is 6. The summed E-state index contributed by atoms with van der Waals surface area (Å²) in [5.74, 6) is -1.76. The van der Waals surface area contributed by atoms with E-state index in [2.05, 4.69) is 10.3 Å². The Hall–Kier alpha value is -3.87. The van der Waals surface area contributed by atoms with E-state index in [9.17, 15) is 37.5 Å². The number of fused-ring (bicyclic) bond motifs is 1. The maximum atomic E-state index is 13.4. The van der Waals surface area contributed by atoms with Crippen LogP contribution in [0.15, 0.2) is 50.8 Å². The Bertz CT molecular complexity index is 1440. The molecule has 0 bridgehead atoms. The molecule has 0 aliphatic carbocycles. The van der Waals surface area contributed by atoms with Gasteiger partial charge in [0.05, 0.1) is 17.1 Å². The minimum absolute atomic E-state index is 0.114. The lowest BCUT2D eigenvalue weighted by Gasteiger charge is -2.29. The van der Waals surface area contributed by atoms with Crippen molar-refractivity contribution in [3.8, 4) is 11.3 Å². The molecule has 0 aliphatic rings. The number of aromatic nitrogens is 3. The summed E-state index contributed by atoms with van der Waals surface area (Å²) in [6, 6.07) is 7.94. The summed E-state index contributed by atoms with van der Waals surface area (Å²) in [4.78, 5) is 54.0. The molecule has 0 saturated carbocycles. The van der Waals surface area contributed by atoms with Gasteiger partial charge in [-0.1, -0.05) is 44.2 Å². The first-order valence-corrected chi connectivity index (χ1v) is 10.9. The summed E-state index contributed by atoms with van der Waals surface area (Å²) < 4.78 is 41.1. The normalized spacial score (nSPS) is 13.6. The molecule has 3 aromatic rings. The number of aliphatic hydroxyl groups is 1. The molecule has 0 aliphatic heterocycles. The number of aliphatic hydroxyl groups excluding tert-OH is 1. The molecule has 0 saturated heterocycles. The van der Waals surface area contributed by atoms with Gasteiger partial charge in [0.25, 0.3) is 11.1 Å². The smallest absolute Gasteiger partial charge is 0.382 e. The molecule has 194 valence electrons. The quantitative estimate of drug-likeness (QED) is 0.432. The standard InChI is InChI=1S/C23H26F3N5O5/c1-12(2)17(19(33)23(24,25)26)27-16(32)11-30-15(13-8-6-5-7-9-13)10-14-18(21(30)35)28-22(36)31(20(14)34)29(3)4/h5-10,12,17,19,33H,11H2,1-4H3,(H,27,32)(H,28,36). The zero-order valence-electron chi connectivity index (χ0n) is 20.0. The molecule has 2 heterocycles. The van der Waals surface area contributed by atoms with Crippen LogP contribution < -0.4 is 27.1 Å². The lowest BCUT2D eigenvalue weighted by molar-refractivity contribution is -0.215. The van der Waals surface area contributed by atoms with Gasteiger partial charge in [-0.25, -0.2) is 4.79 Å². The first kappa shape index (κ1) is 26.7. The average Bonchev–Trinajstić information content (AvgIpc) is 2.78. The van der Waals surface area contributed by atoms with Crippen molar-refractivity contribution in [3.05, 3.63) is 67.6 Å². The molecule has 13 heteroatoms. The fourth-order valence-corrected chi connectivity index (χ4v) is 3.86. The topological polar surface area (TPSA) is 129 Å². The maximum Gasteiger partial charge on any atom is 0.416 e. The zero-order valence-corrected chi connectivity index (χ0v) is 20.0. The highest BCUT2D eigenvalue weighted by molar-refractivity contribution is 5.83. The van der Waals surface area contributed by atoms with E-state index in [1.165, 1.54) is 39.0 Å². The van der Waals surface area contributed by atoms with Gasteiger partial charge >= 0.3 is 11.9 Å². The van der Waals surface area contributed by atoms with E-state index in [4.69, 9.17) is 0 Å². The van der Waals surface area contributed by atoms with Crippen LogP contribution in [0.1, 0.15) is 13.8 Å². The lowest BCUT2D eigenvalue weighted by atomic mass is 9.98. The van der Waals surface area contributed by atoms with E-state index < -0.39 is 53.5 Å². The van der Waals surface area contributed by atoms with E-state index in [0.717, 1.165) is 9.24 Å². The Morgan fingerprint density at radius 2 is 1.72 bits per heavy atom. The van der Waals surface area contributed by atoms with E-state index in [1.807, 2.05) is 0 Å². The van der Waals surface area contributed by atoms with Crippen molar-refractivity contribution < 1.29 is 23.1 Å². The van der Waals surface area contributed by atoms with Gasteiger partial charge in [0.15, 0.2) is 6.10 Å². The largest absolute Gasteiger partial charge is 0.416 e. The second-order valence-electron chi connectivity index (χ2n) is 8.79. The third kappa shape index (κ3) is 5.20. The molecule has 36 heavy (non-hydrogen) atoms. The van der Waals surface area contributed by atoms with E-state index >= 15 is 0 Å². The van der Waals surface area contributed by atoms with Gasteiger partial charge < -0.3 is 20.4 Å². The second-order valence-corrected chi connectivity index (χ2v) is 8.79. The molecular formula is C23H26F3N5O5. The Balaban J connectivity index is 2.18. The van der Waals surface area contributed by atoms with E-state index in [-0.39, 0.29) is 16.6 Å². The third-order valence-electron chi connectivity index (χ3n) is 5.64. The Morgan fingerprint density at radius 1 is 1.11 bits per heavy atom. The highest BCUT2D eigenvalue weighted by Gasteiger charge is 2.45. The molecular weight excluding hydrogens is 483 g/mol. The molecule has 2 aromatic heterocycles. The van der Waals surface area contributed by atoms with Gasteiger partial charge in [-0.15, -0.1) is 0 Å². The number of benzene rings is 1. The summed E-state index contributed by atoms with van der Waals surface area (Å²) >= 11 is 0. The number of amides is 1. The lowest BCUT2D eigenvalue weighted by Crippen LogP contribution is -2.53. The number of carbonyl (C=O) groups excluding carboxylic acids is 1. The predicted molar refractivity (Wildman–Crippen MR) is 127 cm³/mol. The molecule has 2 atom stereocenters. The van der Waals surface area contributed by atoms with Crippen molar-refractivity contribution in [2.24, 2.45) is 5.92 Å². The van der Waals surface area contributed by atoms with Crippen molar-refractivity contribution >= 4 is 16.8 Å². The molecule has 3 N–H and O–H groups in total. The molecule has 3 rings (SSSR count). The van der Waals surface area contributed by atoms with Crippen LogP contribution in [0.25, 0.3) is 22.2 Å². The van der Waals surface area contributed by atoms with Crippen LogP contribution in [0.5, 0.6) is 0 Å². The minimum atomic E-state index is -4.97. The number of nitrogens with zero attached hydrogens (tertiary/aromatic N) is 3. The number of nitrogens with one attached hydrogen (secondary N) is 2. The van der Waals surface area contributed by atoms with Crippen LogP contribution in [0.3, 0.4) is 0 Å². The molecule has 0 fully saturated rings. The number of aromatic amines is 1. The molecule has 1 amide bonds. The molecule has 10 nitrogen and oxygen atoms in total. The number of carbonyl (C=O) groups is 1. The number of rotatable bonds is 7. The number of hydrogen-bond donors (Lipinski definition) is 3. The zero-order chi connectivity index (χ0) is 26.9. The first-order chi connectivity index (χ1) is 16.7. The van der Waals surface area contributed by atoms with Crippen molar-refractivity contribution in [2.45, 2.75) is 38.7 Å². The maximum absolute atomic E-state index is 13.4. The van der Waals surface area contributed by atoms with E-state index in [0.29, 0.717) is 5.56 Å². The van der Waals surface area contributed by atoms with Gasteiger partial charge in [0.1, 0.15) is 12.1 Å². The summed E-state index contributed by atoms with van der Waals surface area (Å²) in [6.45, 7) is 2.07. The Morgan fingerprint density at radius 3 is 2.25 bits per heavy atom. The summed E-state index contributed by atoms with van der Waals surface area (Å²) in [7, 11) is 2.93. The Kier molecular flexibility index (Phi) is 7.43. The fourth-order valence-electron chi connectivity index (χ4n) is 3.86. The Labute approximate surface area is 202 Å². The van der Waals surface area contributed by atoms with Gasteiger partial charge in [-0.05, 0) is 17.5 Å². The average molecular weight is 509 g/mol. The summed E-state index contributed by atoms with van der Waals surface area (Å²) in [5.41, 5.74) is -2.31. The van der Waals surface area contributed by atoms with E-state index in [1.54, 1.807) is 30.3 Å². The van der Waals surface area contributed by atoms with Crippen LogP contribution in [-0.2, 0) is 11.3 Å². The van der Waals surface area contributed by atoms with Crippen LogP contribution in [0.4, 0.5) is 13.2 Å². The van der Waals surface area contributed by atoms with Gasteiger partial charge in [0.2, 0.25) is 5.91 Å². The first-order valence-electron chi connectivity index (χ1n) is 10.9. The van der Waals surface area contributed by atoms with Gasteiger partial charge in [-0.2, -0.15) is 17.8 Å². The number of halogens is 3. The molecule has 2 unspecified atom stereocenters. The van der Waals surface area contributed by atoms with Crippen LogP contribution in [0.2, 0.25) is 0 Å². The third-order valence-corrected chi connectivity index (χ3v) is 5.64. The molecule has 0 spiro atoms. The van der Waals surface area contributed by atoms with Crippen molar-refractivity contribution in [2.75, 3.05) is 19.1 Å². The van der Waals surface area contributed by atoms with Gasteiger partial charge in [0, 0.05) is 14.1 Å². The second kappa shape index (κ2) is 10.0. The number of pyridine rings is 1. The van der Waals surface area contributed by atoms with Crippen LogP contribution in [-0.4, -0.2) is 57.7 Å². The summed E-state index contributed by atoms with van der Waals surface area (Å²) in [5, 5.41) is 13.0. The van der Waals surface area contributed by atoms with Crippen molar-refractivity contribution in [3.63, 3.8) is 0 Å². The van der Waals surface area contributed by atoms with Crippen molar-refractivity contribution in [1.29, 1.82) is 0 Å². The number of H-pyrrole nitrogens is 1. The monoisotopic (exact) mass is 509 g/mol. The highest BCUT2D eigenvalue weighted by atomic mass is 19.4. The number of alkyl halides is 3. The fraction of sp³-hybridized carbons (Fsp3) is 0.391. The molecule has 0 radical (unpaired) electrons.